The fourth-order valence-corrected chi connectivity index (χ4v) is 3.42. The van der Waals surface area contributed by atoms with Gasteiger partial charge in [0.25, 0.3) is 5.91 Å². The molecule has 3 aromatic rings. The topological polar surface area (TPSA) is 87.5 Å². The number of nitrogens with zero attached hydrogens (tertiary/aromatic N) is 3. The smallest absolute Gasteiger partial charge is 0.295 e. The summed E-state index contributed by atoms with van der Waals surface area (Å²) in [5.74, 6) is 0.985. The van der Waals surface area contributed by atoms with Crippen LogP contribution in [0.3, 0.4) is 0 Å². The normalized spacial score (nSPS) is 13.7. The van der Waals surface area contributed by atoms with Gasteiger partial charge >= 0.3 is 0 Å². The van der Waals surface area contributed by atoms with Crippen LogP contribution < -0.4 is 10.1 Å². The molecule has 1 aliphatic heterocycles. The first-order valence-corrected chi connectivity index (χ1v) is 8.73. The molecule has 0 radical (unpaired) electrons. The molecule has 134 valence electrons. The first-order chi connectivity index (χ1) is 12.6. The van der Waals surface area contributed by atoms with Gasteiger partial charge in [0.2, 0.25) is 10.9 Å². The maximum absolute atomic E-state index is 12.4. The molecule has 1 aliphatic rings. The molecule has 2 aromatic heterocycles. The largest absolute Gasteiger partial charge is 0.497 e. The van der Waals surface area contributed by atoms with Crippen LogP contribution in [0.4, 0.5) is 5.82 Å². The van der Waals surface area contributed by atoms with Crippen LogP contribution in [0, 0.1) is 6.92 Å². The van der Waals surface area contributed by atoms with Gasteiger partial charge in [-0.2, -0.15) is 9.78 Å². The minimum atomic E-state index is -0.395. The van der Waals surface area contributed by atoms with Crippen LogP contribution in [0.25, 0.3) is 15.3 Å². The number of aryl methyl sites for hydroxylation is 1. The number of anilines is 1. The Bertz CT molecular complexity index is 1010. The Labute approximate surface area is 153 Å². The first-order valence-electron chi connectivity index (χ1n) is 7.91. The number of aromatic nitrogens is 3. The van der Waals surface area contributed by atoms with E-state index >= 15 is 0 Å². The number of ether oxygens (including phenoxy) is 3. The lowest BCUT2D eigenvalue weighted by molar-refractivity contribution is -0.117. The van der Waals surface area contributed by atoms with Gasteiger partial charge in [0.15, 0.2) is 0 Å². The van der Waals surface area contributed by atoms with Crippen molar-refractivity contribution >= 4 is 33.3 Å². The summed E-state index contributed by atoms with van der Waals surface area (Å²) in [4.78, 5) is 17.0. The Kier molecular flexibility index (Phi) is 4.21. The molecule has 1 aromatic carbocycles. The van der Waals surface area contributed by atoms with Gasteiger partial charge in [0, 0.05) is 12.1 Å². The molecule has 0 atom stereocenters. The monoisotopic (exact) mass is 372 g/mol. The molecular formula is C17H16N4O4S. The summed E-state index contributed by atoms with van der Waals surface area (Å²) in [7, 11) is 1.62. The second kappa shape index (κ2) is 6.68. The lowest BCUT2D eigenvalue weighted by Crippen LogP contribution is -2.22. The van der Waals surface area contributed by atoms with Crippen LogP contribution in [0.15, 0.2) is 36.3 Å². The Morgan fingerprint density at radius 2 is 2.23 bits per heavy atom. The second-order valence-corrected chi connectivity index (χ2v) is 6.58. The Balaban J connectivity index is 1.67. The van der Waals surface area contributed by atoms with Crippen molar-refractivity contribution in [3.63, 3.8) is 0 Å². The van der Waals surface area contributed by atoms with Crippen LogP contribution in [0.1, 0.15) is 5.69 Å². The lowest BCUT2D eigenvalue weighted by Gasteiger charge is -2.15. The number of hydrogen-bond donors (Lipinski definition) is 1. The van der Waals surface area contributed by atoms with Crippen LogP contribution in [0.2, 0.25) is 0 Å². The van der Waals surface area contributed by atoms with Crippen molar-refractivity contribution in [2.24, 2.45) is 0 Å². The van der Waals surface area contributed by atoms with E-state index in [4.69, 9.17) is 14.2 Å². The molecule has 1 N–H and O–H groups in total. The van der Waals surface area contributed by atoms with Crippen molar-refractivity contribution in [2.45, 2.75) is 6.92 Å². The predicted molar refractivity (Wildman–Crippen MR) is 96.6 cm³/mol. The molecule has 26 heavy (non-hydrogen) atoms. The van der Waals surface area contributed by atoms with E-state index in [-0.39, 0.29) is 5.76 Å². The SMILES string of the molecule is COc1ccc2sc(-n3nc(C)cc3NC(=O)C3=COCCO3)nc2c1. The zero-order valence-electron chi connectivity index (χ0n) is 14.2. The maximum atomic E-state index is 12.4. The van der Waals surface area contributed by atoms with Gasteiger partial charge in [0.05, 0.1) is 23.0 Å². The van der Waals surface area contributed by atoms with Gasteiger partial charge in [-0.25, -0.2) is 4.98 Å². The van der Waals surface area contributed by atoms with Gasteiger partial charge in [-0.15, -0.1) is 0 Å². The molecular weight excluding hydrogens is 356 g/mol. The minimum absolute atomic E-state index is 0.135. The number of carbonyl (C=O) groups is 1. The Hall–Kier alpha value is -3.07. The van der Waals surface area contributed by atoms with Gasteiger partial charge in [0.1, 0.15) is 31.0 Å². The highest BCUT2D eigenvalue weighted by molar-refractivity contribution is 7.20. The van der Waals surface area contributed by atoms with Gasteiger partial charge in [-0.1, -0.05) is 11.3 Å². The Morgan fingerprint density at radius 3 is 3.00 bits per heavy atom. The van der Waals surface area contributed by atoms with Gasteiger partial charge < -0.3 is 19.5 Å². The number of hydrogen-bond acceptors (Lipinski definition) is 7. The van der Waals surface area contributed by atoms with E-state index in [2.05, 4.69) is 15.4 Å². The summed E-state index contributed by atoms with van der Waals surface area (Å²) in [5, 5.41) is 7.89. The average Bonchev–Trinajstić information content (AvgIpc) is 3.24. The van der Waals surface area contributed by atoms with Crippen molar-refractivity contribution in [2.75, 3.05) is 25.6 Å². The van der Waals surface area contributed by atoms with E-state index in [1.54, 1.807) is 17.9 Å². The minimum Gasteiger partial charge on any atom is -0.497 e. The zero-order chi connectivity index (χ0) is 18.1. The number of carbonyl (C=O) groups excluding carboxylic acids is 1. The van der Waals surface area contributed by atoms with Crippen LogP contribution >= 0.6 is 11.3 Å². The number of rotatable bonds is 4. The van der Waals surface area contributed by atoms with Crippen molar-refractivity contribution in [1.29, 1.82) is 0 Å². The highest BCUT2D eigenvalue weighted by Crippen LogP contribution is 2.29. The second-order valence-electron chi connectivity index (χ2n) is 5.57. The molecule has 8 nitrogen and oxygen atoms in total. The van der Waals surface area contributed by atoms with Crippen molar-refractivity contribution in [3.05, 3.63) is 42.0 Å². The van der Waals surface area contributed by atoms with E-state index in [0.717, 1.165) is 21.7 Å². The Morgan fingerprint density at radius 1 is 1.35 bits per heavy atom. The van der Waals surface area contributed by atoms with Crippen LogP contribution in [-0.4, -0.2) is 41.0 Å². The fourth-order valence-electron chi connectivity index (χ4n) is 2.51. The molecule has 0 aliphatic carbocycles. The zero-order valence-corrected chi connectivity index (χ0v) is 15.0. The summed E-state index contributed by atoms with van der Waals surface area (Å²) in [5.41, 5.74) is 1.56. The number of benzene rings is 1. The third kappa shape index (κ3) is 3.08. The number of methoxy groups -OCH3 is 1. The summed E-state index contributed by atoms with van der Waals surface area (Å²) >= 11 is 1.47. The number of fused-ring (bicyclic) bond motifs is 1. The molecule has 4 rings (SSSR count). The van der Waals surface area contributed by atoms with Crippen LogP contribution in [-0.2, 0) is 14.3 Å². The summed E-state index contributed by atoms with van der Waals surface area (Å²) in [6.07, 6.45) is 1.32. The van der Waals surface area contributed by atoms with E-state index < -0.39 is 5.91 Å². The van der Waals surface area contributed by atoms with E-state index in [1.165, 1.54) is 17.6 Å². The molecule has 9 heteroatoms. The molecule has 0 bridgehead atoms. The van der Waals surface area contributed by atoms with Crippen molar-refractivity contribution < 1.29 is 19.0 Å². The number of thiazole rings is 1. The molecule has 1 amide bonds. The van der Waals surface area contributed by atoms with E-state index in [1.807, 2.05) is 25.1 Å². The predicted octanol–water partition coefficient (Wildman–Crippen LogP) is 2.63. The highest BCUT2D eigenvalue weighted by atomic mass is 32.1. The number of amides is 1. The van der Waals surface area contributed by atoms with Crippen molar-refractivity contribution in [3.8, 4) is 10.9 Å². The summed E-state index contributed by atoms with van der Waals surface area (Å²) < 4.78 is 18.3. The molecule has 3 heterocycles. The third-order valence-electron chi connectivity index (χ3n) is 3.71. The molecule has 0 saturated heterocycles. The van der Waals surface area contributed by atoms with Gasteiger partial charge in [-0.05, 0) is 19.1 Å². The van der Waals surface area contributed by atoms with Crippen LogP contribution in [0.5, 0.6) is 5.75 Å². The quantitative estimate of drug-likeness (QED) is 0.757. The van der Waals surface area contributed by atoms with E-state index in [9.17, 15) is 4.79 Å². The van der Waals surface area contributed by atoms with Crippen molar-refractivity contribution in [1.82, 2.24) is 14.8 Å². The van der Waals surface area contributed by atoms with E-state index in [0.29, 0.717) is 24.2 Å². The molecule has 0 fully saturated rings. The standard InChI is InChI=1S/C17H16N4O4S/c1-10-7-15(19-16(22)13-9-24-5-6-25-13)21(20-10)17-18-12-8-11(23-2)3-4-14(12)26-17/h3-4,7-9H,5-6H2,1-2H3,(H,19,22). The first kappa shape index (κ1) is 16.4. The maximum Gasteiger partial charge on any atom is 0.295 e. The average molecular weight is 372 g/mol. The van der Waals surface area contributed by atoms with Gasteiger partial charge in [-0.3, -0.25) is 4.79 Å². The lowest BCUT2D eigenvalue weighted by atomic mass is 10.3. The number of nitrogens with one attached hydrogen (secondary N) is 1. The molecule has 0 unspecified atom stereocenters. The fraction of sp³-hybridized carbons (Fsp3) is 0.235. The summed E-state index contributed by atoms with van der Waals surface area (Å²) in [6.45, 7) is 2.63. The third-order valence-corrected chi connectivity index (χ3v) is 4.72. The summed E-state index contributed by atoms with van der Waals surface area (Å²) in [6, 6.07) is 7.47. The highest BCUT2D eigenvalue weighted by Gasteiger charge is 2.19. The molecule has 0 spiro atoms. The molecule has 0 saturated carbocycles.